The number of ether oxygens (including phenoxy) is 1. The lowest BCUT2D eigenvalue weighted by atomic mass is 9.93. The van der Waals surface area contributed by atoms with Crippen LogP contribution >= 0.6 is 0 Å². The van der Waals surface area contributed by atoms with Crippen LogP contribution in [0.3, 0.4) is 0 Å². The first-order valence-corrected chi connectivity index (χ1v) is 6.93. The lowest BCUT2D eigenvalue weighted by Crippen LogP contribution is -2.42. The number of carboxylic acid groups (broad SMARTS) is 1. The number of rotatable bonds is 2. The van der Waals surface area contributed by atoms with E-state index in [-0.39, 0.29) is 17.6 Å². The van der Waals surface area contributed by atoms with Crippen LogP contribution in [-0.2, 0) is 4.74 Å². The number of amides is 1. The first-order valence-electron chi connectivity index (χ1n) is 6.93. The second-order valence-corrected chi connectivity index (χ2v) is 6.18. The SMILES string of the molecule is CC(C)(C)OC(=O)N1CCC[C@@H](c2nocc2C(=O)O)C1. The minimum Gasteiger partial charge on any atom is -0.478 e. The smallest absolute Gasteiger partial charge is 0.410 e. The highest BCUT2D eigenvalue weighted by Gasteiger charge is 2.32. The van der Waals surface area contributed by atoms with E-state index in [1.807, 2.05) is 20.8 Å². The van der Waals surface area contributed by atoms with Gasteiger partial charge in [0.1, 0.15) is 23.1 Å². The van der Waals surface area contributed by atoms with Gasteiger partial charge in [0, 0.05) is 19.0 Å². The number of hydrogen-bond donors (Lipinski definition) is 1. The third-order valence-electron chi connectivity index (χ3n) is 3.29. The fraction of sp³-hybridized carbons (Fsp3) is 0.643. The summed E-state index contributed by atoms with van der Waals surface area (Å²) >= 11 is 0. The lowest BCUT2D eigenvalue weighted by Gasteiger charge is -2.33. The Morgan fingerprint density at radius 1 is 1.48 bits per heavy atom. The highest BCUT2D eigenvalue weighted by Crippen LogP contribution is 2.29. The number of aromatic nitrogens is 1. The molecule has 7 heteroatoms. The van der Waals surface area contributed by atoms with Gasteiger partial charge in [-0.1, -0.05) is 5.16 Å². The Balaban J connectivity index is 2.09. The van der Waals surface area contributed by atoms with Gasteiger partial charge in [0.05, 0.1) is 0 Å². The molecule has 0 saturated carbocycles. The van der Waals surface area contributed by atoms with Gasteiger partial charge >= 0.3 is 12.1 Å². The van der Waals surface area contributed by atoms with Gasteiger partial charge in [0.2, 0.25) is 0 Å². The third-order valence-corrected chi connectivity index (χ3v) is 3.29. The fourth-order valence-corrected chi connectivity index (χ4v) is 2.39. The molecule has 0 bridgehead atoms. The van der Waals surface area contributed by atoms with E-state index in [4.69, 9.17) is 14.4 Å². The molecule has 7 nitrogen and oxygen atoms in total. The van der Waals surface area contributed by atoms with E-state index in [2.05, 4.69) is 5.16 Å². The van der Waals surface area contributed by atoms with Crippen LogP contribution in [0.25, 0.3) is 0 Å². The number of hydrogen-bond acceptors (Lipinski definition) is 5. The summed E-state index contributed by atoms with van der Waals surface area (Å²) in [6.45, 7) is 6.43. The molecule has 2 heterocycles. The molecule has 1 aliphatic rings. The van der Waals surface area contributed by atoms with Crippen LogP contribution < -0.4 is 0 Å². The highest BCUT2D eigenvalue weighted by atomic mass is 16.6. The van der Waals surface area contributed by atoms with E-state index in [1.54, 1.807) is 4.90 Å². The average Bonchev–Trinajstić information content (AvgIpc) is 2.86. The van der Waals surface area contributed by atoms with Crippen LogP contribution in [0.15, 0.2) is 10.8 Å². The molecule has 1 N–H and O–H groups in total. The molecule has 1 aromatic heterocycles. The minimum atomic E-state index is -1.07. The average molecular weight is 296 g/mol. The first kappa shape index (κ1) is 15.3. The van der Waals surface area contributed by atoms with Crippen molar-refractivity contribution in [2.24, 2.45) is 0 Å². The summed E-state index contributed by atoms with van der Waals surface area (Å²) in [5.41, 5.74) is -0.0914. The molecule has 116 valence electrons. The van der Waals surface area contributed by atoms with E-state index in [1.165, 1.54) is 0 Å². The number of likely N-dealkylation sites (tertiary alicyclic amines) is 1. The van der Waals surface area contributed by atoms with Crippen LogP contribution in [0.1, 0.15) is 55.6 Å². The molecule has 1 saturated heterocycles. The Kier molecular flexibility index (Phi) is 4.20. The lowest BCUT2D eigenvalue weighted by molar-refractivity contribution is 0.0196. The van der Waals surface area contributed by atoms with Crippen molar-refractivity contribution in [1.82, 2.24) is 10.1 Å². The number of aromatic carboxylic acids is 1. The van der Waals surface area contributed by atoms with Crippen LogP contribution in [0.5, 0.6) is 0 Å². The van der Waals surface area contributed by atoms with Gasteiger partial charge in [0.25, 0.3) is 0 Å². The maximum Gasteiger partial charge on any atom is 0.410 e. The Labute approximate surface area is 122 Å². The summed E-state index contributed by atoms with van der Waals surface area (Å²) < 4.78 is 10.1. The predicted molar refractivity (Wildman–Crippen MR) is 73.2 cm³/mol. The zero-order chi connectivity index (χ0) is 15.6. The molecule has 1 aliphatic heterocycles. The second kappa shape index (κ2) is 5.75. The second-order valence-electron chi connectivity index (χ2n) is 6.18. The van der Waals surface area contributed by atoms with Crippen molar-refractivity contribution >= 4 is 12.1 Å². The van der Waals surface area contributed by atoms with Crippen LogP contribution in [0.2, 0.25) is 0 Å². The van der Waals surface area contributed by atoms with Crippen molar-refractivity contribution in [3.8, 4) is 0 Å². The number of carbonyl (C=O) groups is 2. The Hall–Kier alpha value is -2.05. The van der Waals surface area contributed by atoms with E-state index >= 15 is 0 Å². The van der Waals surface area contributed by atoms with Crippen LogP contribution in [0.4, 0.5) is 4.79 Å². The van der Waals surface area contributed by atoms with E-state index in [0.29, 0.717) is 18.8 Å². The largest absolute Gasteiger partial charge is 0.478 e. The number of carbonyl (C=O) groups excluding carboxylic acids is 1. The van der Waals surface area contributed by atoms with Crippen molar-refractivity contribution in [3.63, 3.8) is 0 Å². The zero-order valence-electron chi connectivity index (χ0n) is 12.5. The topological polar surface area (TPSA) is 92.9 Å². The minimum absolute atomic E-state index is 0.0611. The molecule has 0 aromatic carbocycles. The van der Waals surface area contributed by atoms with Gasteiger partial charge in [-0.05, 0) is 33.6 Å². The standard InChI is InChI=1S/C14H20N2O5/c1-14(2,3)21-13(19)16-6-4-5-9(7-16)11-10(12(17)18)8-20-15-11/h8-9H,4-7H2,1-3H3,(H,17,18)/t9-/m1/s1. The molecule has 0 spiro atoms. The van der Waals surface area contributed by atoms with Crippen LogP contribution in [-0.4, -0.2) is 45.9 Å². The van der Waals surface area contributed by atoms with Gasteiger partial charge in [-0.2, -0.15) is 0 Å². The summed E-state index contributed by atoms with van der Waals surface area (Å²) in [4.78, 5) is 24.8. The molecule has 0 radical (unpaired) electrons. The summed E-state index contributed by atoms with van der Waals surface area (Å²) in [5.74, 6) is -1.21. The summed E-state index contributed by atoms with van der Waals surface area (Å²) in [6, 6.07) is 0. The summed E-state index contributed by atoms with van der Waals surface area (Å²) in [5, 5.41) is 12.9. The molecular weight excluding hydrogens is 276 g/mol. The van der Waals surface area contributed by atoms with Gasteiger partial charge < -0.3 is 19.3 Å². The number of carboxylic acids is 1. The van der Waals surface area contributed by atoms with Crippen molar-refractivity contribution in [1.29, 1.82) is 0 Å². The molecule has 1 atom stereocenters. The van der Waals surface area contributed by atoms with E-state index < -0.39 is 11.6 Å². The van der Waals surface area contributed by atoms with Crippen molar-refractivity contribution in [2.75, 3.05) is 13.1 Å². The molecular formula is C14H20N2O5. The monoisotopic (exact) mass is 296 g/mol. The molecule has 2 rings (SSSR count). The summed E-state index contributed by atoms with van der Waals surface area (Å²) in [6.07, 6.45) is 2.29. The van der Waals surface area contributed by atoms with Gasteiger partial charge in [-0.3, -0.25) is 0 Å². The Bertz CT molecular complexity index is 532. The maximum atomic E-state index is 12.1. The van der Waals surface area contributed by atoms with E-state index in [9.17, 15) is 9.59 Å². The van der Waals surface area contributed by atoms with Gasteiger partial charge in [0.15, 0.2) is 0 Å². The van der Waals surface area contributed by atoms with Crippen molar-refractivity contribution in [3.05, 3.63) is 17.5 Å². The van der Waals surface area contributed by atoms with Gasteiger partial charge in [-0.25, -0.2) is 9.59 Å². The summed E-state index contributed by atoms with van der Waals surface area (Å²) in [7, 11) is 0. The molecule has 0 aliphatic carbocycles. The number of piperidine rings is 1. The van der Waals surface area contributed by atoms with Crippen LogP contribution in [0, 0.1) is 0 Å². The molecule has 21 heavy (non-hydrogen) atoms. The van der Waals surface area contributed by atoms with E-state index in [0.717, 1.165) is 19.1 Å². The maximum absolute atomic E-state index is 12.1. The molecule has 1 amide bonds. The van der Waals surface area contributed by atoms with Gasteiger partial charge in [-0.15, -0.1) is 0 Å². The normalized spacial score (nSPS) is 19.4. The highest BCUT2D eigenvalue weighted by molar-refractivity contribution is 5.88. The third kappa shape index (κ3) is 3.74. The van der Waals surface area contributed by atoms with Crippen molar-refractivity contribution < 1.29 is 24.0 Å². The zero-order valence-corrected chi connectivity index (χ0v) is 12.5. The molecule has 0 unspecified atom stereocenters. The predicted octanol–water partition coefficient (Wildman–Crippen LogP) is 2.49. The first-order chi connectivity index (χ1) is 9.78. The molecule has 1 aromatic rings. The Morgan fingerprint density at radius 3 is 2.81 bits per heavy atom. The quantitative estimate of drug-likeness (QED) is 0.901. The molecule has 1 fully saturated rings. The van der Waals surface area contributed by atoms with Crippen molar-refractivity contribution in [2.45, 2.75) is 45.1 Å². The Morgan fingerprint density at radius 2 is 2.19 bits per heavy atom. The number of nitrogens with zero attached hydrogens (tertiary/aromatic N) is 2. The fourth-order valence-electron chi connectivity index (χ4n) is 2.39.